The summed E-state index contributed by atoms with van der Waals surface area (Å²) >= 11 is 0. The van der Waals surface area contributed by atoms with Crippen molar-refractivity contribution in [3.05, 3.63) is 95.5 Å². The Hall–Kier alpha value is -4.41. The van der Waals surface area contributed by atoms with E-state index in [0.29, 0.717) is 16.4 Å². The van der Waals surface area contributed by atoms with Crippen LogP contribution in [-0.2, 0) is 12.7 Å². The molecule has 0 radical (unpaired) electrons. The molecule has 3 aromatic carbocycles. The van der Waals surface area contributed by atoms with Crippen LogP contribution in [0.15, 0.2) is 81.8 Å². The molecule has 42 heavy (non-hydrogen) atoms. The Bertz CT molecular complexity index is 2000. The van der Waals surface area contributed by atoms with Gasteiger partial charge in [-0.25, -0.2) is 13.9 Å². The first kappa shape index (κ1) is 26.5. The standard InChI is InChI=1S/C31H20F7N2O2/c1-15-10-11-16-17-12-13-20-25(24(17)41-23(16)22(15)21-9-5-6-14-40(21)2)42-28(39-20)29(32)26(30(33,34)35)18-7-3-4-8-19(18)27(29)31(36,37)38/h3-14,26-27H,1-2H3/q+1. The van der Waals surface area contributed by atoms with Gasteiger partial charge in [0.2, 0.25) is 17.3 Å². The first-order chi connectivity index (χ1) is 19.8. The highest BCUT2D eigenvalue weighted by Crippen LogP contribution is 2.66. The maximum atomic E-state index is 17.0. The topological polar surface area (TPSA) is 43.1 Å². The van der Waals surface area contributed by atoms with E-state index in [4.69, 9.17) is 8.83 Å². The zero-order chi connectivity index (χ0) is 29.8. The van der Waals surface area contributed by atoms with E-state index in [1.165, 1.54) is 6.07 Å². The molecule has 6 aromatic rings. The minimum atomic E-state index is -5.38. The normalized spacial score (nSPS) is 21.1. The van der Waals surface area contributed by atoms with Gasteiger partial charge < -0.3 is 8.83 Å². The third-order valence-electron chi connectivity index (χ3n) is 8.12. The smallest absolute Gasteiger partial charge is 0.399 e. The molecule has 0 saturated heterocycles. The van der Waals surface area contributed by atoms with Crippen LogP contribution in [0.1, 0.15) is 34.4 Å². The van der Waals surface area contributed by atoms with Crippen LogP contribution in [0.3, 0.4) is 0 Å². The fourth-order valence-corrected chi connectivity index (χ4v) is 6.38. The number of nitrogens with zero attached hydrogens (tertiary/aromatic N) is 2. The summed E-state index contributed by atoms with van der Waals surface area (Å²) in [5, 5.41) is 1.13. The van der Waals surface area contributed by atoms with E-state index >= 15 is 4.39 Å². The molecule has 3 aromatic heterocycles. The number of rotatable bonds is 2. The summed E-state index contributed by atoms with van der Waals surface area (Å²) in [4.78, 5) is 3.90. The van der Waals surface area contributed by atoms with E-state index in [2.05, 4.69) is 4.98 Å². The number of fused-ring (bicyclic) bond motifs is 6. The van der Waals surface area contributed by atoms with Gasteiger partial charge in [0.1, 0.15) is 30.0 Å². The Morgan fingerprint density at radius 1 is 0.738 bits per heavy atom. The minimum absolute atomic E-state index is 0.0397. The van der Waals surface area contributed by atoms with Crippen molar-refractivity contribution in [1.29, 1.82) is 0 Å². The van der Waals surface area contributed by atoms with Gasteiger partial charge in [0.25, 0.3) is 0 Å². The van der Waals surface area contributed by atoms with Crippen LogP contribution in [0, 0.1) is 6.92 Å². The zero-order valence-electron chi connectivity index (χ0n) is 21.9. The summed E-state index contributed by atoms with van der Waals surface area (Å²) < 4.78 is 117. The van der Waals surface area contributed by atoms with Crippen molar-refractivity contribution >= 4 is 33.0 Å². The lowest BCUT2D eigenvalue weighted by Gasteiger charge is -2.32. The van der Waals surface area contributed by atoms with Crippen LogP contribution in [0.2, 0.25) is 0 Å². The van der Waals surface area contributed by atoms with E-state index < -0.39 is 46.9 Å². The first-order valence-corrected chi connectivity index (χ1v) is 12.9. The zero-order valence-corrected chi connectivity index (χ0v) is 21.9. The van der Waals surface area contributed by atoms with Crippen LogP contribution >= 0.6 is 0 Å². The highest BCUT2D eigenvalue weighted by Gasteiger charge is 2.73. The number of halogens is 7. The van der Waals surface area contributed by atoms with Gasteiger partial charge in [-0.3, -0.25) is 0 Å². The Kier molecular flexibility index (Phi) is 5.40. The number of hydrogen-bond acceptors (Lipinski definition) is 3. The highest BCUT2D eigenvalue weighted by atomic mass is 19.4. The van der Waals surface area contributed by atoms with Crippen molar-refractivity contribution in [1.82, 2.24) is 4.98 Å². The van der Waals surface area contributed by atoms with E-state index in [1.54, 1.807) is 12.1 Å². The molecule has 2 unspecified atom stereocenters. The van der Waals surface area contributed by atoms with Gasteiger partial charge in [-0.1, -0.05) is 36.4 Å². The molecule has 0 N–H and O–H groups in total. The van der Waals surface area contributed by atoms with E-state index in [-0.39, 0.29) is 16.7 Å². The number of furan rings is 1. The monoisotopic (exact) mass is 585 g/mol. The molecule has 0 amide bonds. The number of oxazole rings is 1. The molecule has 0 saturated carbocycles. The summed E-state index contributed by atoms with van der Waals surface area (Å²) in [6.07, 6.45) is -8.90. The Morgan fingerprint density at radius 3 is 1.95 bits per heavy atom. The molecule has 1 aliphatic rings. The second kappa shape index (κ2) is 8.56. The predicted octanol–water partition coefficient (Wildman–Crippen LogP) is 8.70. The van der Waals surface area contributed by atoms with Gasteiger partial charge in [-0.2, -0.15) is 26.3 Å². The van der Waals surface area contributed by atoms with Crippen LogP contribution in [0.4, 0.5) is 30.7 Å². The number of alkyl halides is 7. The van der Waals surface area contributed by atoms with Crippen molar-refractivity contribution < 1.29 is 44.1 Å². The minimum Gasteiger partial charge on any atom is -0.451 e. The molecular weight excluding hydrogens is 565 g/mol. The van der Waals surface area contributed by atoms with Crippen molar-refractivity contribution in [2.24, 2.45) is 7.05 Å². The lowest BCUT2D eigenvalue weighted by molar-refractivity contribution is -0.660. The fourth-order valence-electron chi connectivity index (χ4n) is 6.38. The molecule has 0 bridgehead atoms. The molecule has 214 valence electrons. The van der Waals surface area contributed by atoms with Crippen molar-refractivity contribution in [2.75, 3.05) is 0 Å². The van der Waals surface area contributed by atoms with Gasteiger partial charge >= 0.3 is 12.4 Å². The number of aryl methyl sites for hydroxylation is 2. The van der Waals surface area contributed by atoms with Crippen LogP contribution in [0.25, 0.3) is 44.3 Å². The average molecular weight is 585 g/mol. The fraction of sp³-hybridized carbons (Fsp3) is 0.226. The maximum absolute atomic E-state index is 17.0. The molecule has 4 nitrogen and oxygen atoms in total. The quantitative estimate of drug-likeness (QED) is 0.151. The van der Waals surface area contributed by atoms with Gasteiger partial charge in [-0.15, -0.1) is 0 Å². The molecule has 11 heteroatoms. The summed E-state index contributed by atoms with van der Waals surface area (Å²) in [5.41, 5.74) is -3.20. The van der Waals surface area contributed by atoms with Crippen molar-refractivity contribution in [3.63, 3.8) is 0 Å². The van der Waals surface area contributed by atoms with Gasteiger partial charge in [-0.05, 0) is 41.8 Å². The largest absolute Gasteiger partial charge is 0.451 e. The Morgan fingerprint density at radius 2 is 1.33 bits per heavy atom. The second-order valence-corrected chi connectivity index (χ2v) is 10.6. The van der Waals surface area contributed by atoms with Gasteiger partial charge in [0, 0.05) is 22.9 Å². The molecule has 0 aliphatic heterocycles. The molecule has 3 heterocycles. The van der Waals surface area contributed by atoms with Crippen LogP contribution in [-0.4, -0.2) is 17.3 Å². The van der Waals surface area contributed by atoms with Crippen LogP contribution in [0.5, 0.6) is 0 Å². The molecule has 7 rings (SSSR count). The number of benzene rings is 3. The number of hydrogen-bond donors (Lipinski definition) is 0. The highest BCUT2D eigenvalue weighted by molar-refractivity contribution is 6.15. The number of pyridine rings is 1. The Labute approximate surface area is 233 Å². The lowest BCUT2D eigenvalue weighted by Crippen LogP contribution is -2.43. The lowest BCUT2D eigenvalue weighted by atomic mass is 9.82. The summed E-state index contributed by atoms with van der Waals surface area (Å²) in [7, 11) is 1.85. The third kappa shape index (κ3) is 3.55. The predicted molar refractivity (Wildman–Crippen MR) is 139 cm³/mol. The molecule has 0 spiro atoms. The third-order valence-corrected chi connectivity index (χ3v) is 8.12. The van der Waals surface area contributed by atoms with Crippen molar-refractivity contribution in [2.45, 2.75) is 36.8 Å². The van der Waals surface area contributed by atoms with E-state index in [1.807, 2.05) is 49.0 Å². The molecule has 2 atom stereocenters. The number of aromatic nitrogens is 2. The summed E-state index contributed by atoms with van der Waals surface area (Å²) in [6, 6.07) is 16.2. The van der Waals surface area contributed by atoms with Gasteiger partial charge in [0.15, 0.2) is 17.4 Å². The van der Waals surface area contributed by atoms with Gasteiger partial charge in [0.05, 0.1) is 5.56 Å². The SMILES string of the molecule is Cc1ccc2c(oc3c2ccc2nc(C4(F)C(C(F)(F)F)c5ccccc5C4C(F)(F)F)oc23)c1-c1cccc[n+]1C. The molecule has 0 fully saturated rings. The summed E-state index contributed by atoms with van der Waals surface area (Å²) in [5.74, 6) is -7.61. The van der Waals surface area contributed by atoms with E-state index in [9.17, 15) is 26.3 Å². The maximum Gasteiger partial charge on any atom is 0.399 e. The first-order valence-electron chi connectivity index (χ1n) is 12.9. The summed E-state index contributed by atoms with van der Waals surface area (Å²) in [6.45, 7) is 1.89. The molecule has 1 aliphatic carbocycles. The second-order valence-electron chi connectivity index (χ2n) is 10.6. The van der Waals surface area contributed by atoms with Crippen molar-refractivity contribution in [3.8, 4) is 11.3 Å². The van der Waals surface area contributed by atoms with Crippen LogP contribution < -0.4 is 4.57 Å². The van der Waals surface area contributed by atoms with E-state index in [0.717, 1.165) is 41.1 Å². The molecular formula is C31H20F7N2O2+. The Balaban J connectivity index is 1.51. The average Bonchev–Trinajstić information content (AvgIpc) is 3.58.